The molecule has 2 N–H and O–H groups in total. The van der Waals surface area contributed by atoms with Crippen LogP contribution in [0.3, 0.4) is 0 Å². The van der Waals surface area contributed by atoms with Crippen LogP contribution in [0.25, 0.3) is 0 Å². The van der Waals surface area contributed by atoms with Crippen molar-refractivity contribution in [3.8, 4) is 0 Å². The highest BCUT2D eigenvalue weighted by Gasteiger charge is 2.28. The Hall–Kier alpha value is -0.605. The van der Waals surface area contributed by atoms with Gasteiger partial charge in [-0.3, -0.25) is 4.79 Å². The number of Topliss-reactive ketones (excluding diaryl/α,β-unsaturated/α-hetero) is 1. The molecule has 0 aromatic heterocycles. The Morgan fingerprint density at radius 2 is 2.08 bits per heavy atom. The van der Waals surface area contributed by atoms with E-state index in [1.54, 1.807) is 0 Å². The van der Waals surface area contributed by atoms with Crippen molar-refractivity contribution in [3.63, 3.8) is 0 Å². The molecule has 1 aliphatic rings. The van der Waals surface area contributed by atoms with Crippen LogP contribution >= 0.6 is 0 Å². The fourth-order valence-corrected chi connectivity index (χ4v) is 1.53. The third-order valence-corrected chi connectivity index (χ3v) is 2.48. The summed E-state index contributed by atoms with van der Waals surface area (Å²) in [6.07, 6.45) is 0.732. The van der Waals surface area contributed by atoms with E-state index in [1.165, 1.54) is 0 Å². The van der Waals surface area contributed by atoms with Gasteiger partial charge in [0.2, 0.25) is 0 Å². The molecule has 1 aliphatic carbocycles. The first kappa shape index (κ1) is 9.48. The summed E-state index contributed by atoms with van der Waals surface area (Å²) in [7, 11) is -1.46. The molecule has 0 aliphatic heterocycles. The van der Waals surface area contributed by atoms with Gasteiger partial charge >= 0.3 is 7.12 Å². The lowest BCUT2D eigenvalue weighted by molar-refractivity contribution is -0.119. The molecular weight excluding hydrogens is 155 g/mol. The molecule has 1 unspecified atom stereocenters. The largest absolute Gasteiger partial charge is 0.484 e. The van der Waals surface area contributed by atoms with Gasteiger partial charge in [0.15, 0.2) is 0 Å². The quantitative estimate of drug-likeness (QED) is 0.554. The number of hydrogen-bond acceptors (Lipinski definition) is 3. The maximum Gasteiger partial charge on any atom is 0.484 e. The predicted octanol–water partition coefficient (Wildman–Crippen LogP) is 0.314. The van der Waals surface area contributed by atoms with Crippen LogP contribution in [0.2, 0.25) is 0 Å². The Bertz CT molecular complexity index is 232. The van der Waals surface area contributed by atoms with E-state index in [2.05, 4.69) is 0 Å². The second kappa shape index (κ2) is 3.41. The van der Waals surface area contributed by atoms with Gasteiger partial charge in [0.1, 0.15) is 5.78 Å². The number of carbonyl (C=O) groups is 1. The molecule has 3 nitrogen and oxygen atoms in total. The highest BCUT2D eigenvalue weighted by molar-refractivity contribution is 6.51. The van der Waals surface area contributed by atoms with Gasteiger partial charge in [-0.25, -0.2) is 0 Å². The summed E-state index contributed by atoms with van der Waals surface area (Å²) in [5, 5.41) is 17.9. The van der Waals surface area contributed by atoms with Crippen molar-refractivity contribution in [2.45, 2.75) is 26.7 Å². The number of carbonyl (C=O) groups excluding carboxylic acids is 1. The van der Waals surface area contributed by atoms with Crippen molar-refractivity contribution in [2.24, 2.45) is 5.92 Å². The number of allylic oxidation sites excluding steroid dienone is 2. The van der Waals surface area contributed by atoms with E-state index >= 15 is 0 Å². The van der Waals surface area contributed by atoms with Crippen LogP contribution in [0, 0.1) is 5.92 Å². The monoisotopic (exact) mass is 168 g/mol. The fraction of sp³-hybridized carbons (Fsp3) is 0.625. The molecule has 0 bridgehead atoms. The summed E-state index contributed by atoms with van der Waals surface area (Å²) in [5.74, 6) is 0.249. The topological polar surface area (TPSA) is 57.5 Å². The zero-order valence-corrected chi connectivity index (χ0v) is 7.37. The van der Waals surface area contributed by atoms with E-state index in [0.29, 0.717) is 11.9 Å². The molecule has 0 amide bonds. The van der Waals surface area contributed by atoms with E-state index < -0.39 is 7.12 Å². The molecule has 0 saturated carbocycles. The number of ketones is 1. The highest BCUT2D eigenvalue weighted by atomic mass is 16.4. The summed E-state index contributed by atoms with van der Waals surface area (Å²) >= 11 is 0. The molecular formula is C8H13BO3. The molecule has 66 valence electrons. The molecule has 0 aromatic rings. The van der Waals surface area contributed by atoms with E-state index in [-0.39, 0.29) is 18.1 Å². The first-order valence-electron chi connectivity index (χ1n) is 4.09. The van der Waals surface area contributed by atoms with Crippen LogP contribution in [-0.2, 0) is 4.79 Å². The molecule has 0 aromatic carbocycles. The Morgan fingerprint density at radius 3 is 2.58 bits per heavy atom. The van der Waals surface area contributed by atoms with Crippen molar-refractivity contribution in [2.75, 3.05) is 0 Å². The predicted molar refractivity (Wildman–Crippen MR) is 46.3 cm³/mol. The first-order valence-corrected chi connectivity index (χ1v) is 4.09. The van der Waals surface area contributed by atoms with E-state index in [4.69, 9.17) is 10.0 Å². The van der Waals surface area contributed by atoms with Crippen molar-refractivity contribution in [1.29, 1.82) is 0 Å². The van der Waals surface area contributed by atoms with E-state index in [1.807, 2.05) is 13.8 Å². The minimum absolute atomic E-state index is 0.0937. The number of rotatable bonds is 1. The van der Waals surface area contributed by atoms with Crippen molar-refractivity contribution in [3.05, 3.63) is 11.0 Å². The van der Waals surface area contributed by atoms with Crippen LogP contribution in [0.1, 0.15) is 26.7 Å². The SMILES string of the molecule is CC1=C(B(O)O)CC(=O)CC1C. The lowest BCUT2D eigenvalue weighted by atomic mass is 9.67. The summed E-state index contributed by atoms with van der Waals surface area (Å²) in [6.45, 7) is 3.78. The minimum atomic E-state index is -1.46. The summed E-state index contributed by atoms with van der Waals surface area (Å²) in [5.41, 5.74) is 1.43. The van der Waals surface area contributed by atoms with Crippen molar-refractivity contribution in [1.82, 2.24) is 0 Å². The Labute approximate surface area is 72.2 Å². The van der Waals surface area contributed by atoms with Gasteiger partial charge in [0.05, 0.1) is 0 Å². The summed E-state index contributed by atoms with van der Waals surface area (Å²) < 4.78 is 0. The standard InChI is InChI=1S/C8H13BO3/c1-5-3-7(10)4-8(6(5)2)9(11)12/h5,11-12H,3-4H2,1-2H3. The van der Waals surface area contributed by atoms with Gasteiger partial charge in [0, 0.05) is 12.8 Å². The van der Waals surface area contributed by atoms with Gasteiger partial charge in [-0.2, -0.15) is 0 Å². The molecule has 1 atom stereocenters. The van der Waals surface area contributed by atoms with Crippen LogP contribution < -0.4 is 0 Å². The van der Waals surface area contributed by atoms with Crippen LogP contribution in [-0.4, -0.2) is 22.9 Å². The lowest BCUT2D eigenvalue weighted by Gasteiger charge is -2.22. The lowest BCUT2D eigenvalue weighted by Crippen LogP contribution is -2.26. The molecule has 0 spiro atoms. The Morgan fingerprint density at radius 1 is 1.50 bits per heavy atom. The minimum Gasteiger partial charge on any atom is -0.423 e. The molecule has 0 saturated heterocycles. The Balaban J connectivity index is 2.92. The van der Waals surface area contributed by atoms with Crippen LogP contribution in [0.4, 0.5) is 0 Å². The fourth-order valence-electron chi connectivity index (χ4n) is 1.53. The van der Waals surface area contributed by atoms with Crippen molar-refractivity contribution < 1.29 is 14.8 Å². The molecule has 0 heterocycles. The molecule has 0 fully saturated rings. The first-order chi connectivity index (χ1) is 5.52. The second-order valence-electron chi connectivity index (χ2n) is 3.40. The van der Waals surface area contributed by atoms with Gasteiger partial charge < -0.3 is 10.0 Å². The third kappa shape index (κ3) is 1.76. The molecule has 12 heavy (non-hydrogen) atoms. The third-order valence-electron chi connectivity index (χ3n) is 2.48. The van der Waals surface area contributed by atoms with Crippen molar-refractivity contribution >= 4 is 12.9 Å². The van der Waals surface area contributed by atoms with E-state index in [9.17, 15) is 4.79 Å². The normalized spacial score (nSPS) is 24.7. The number of hydrogen-bond donors (Lipinski definition) is 2. The Kier molecular flexibility index (Phi) is 2.70. The molecule has 4 heteroatoms. The second-order valence-corrected chi connectivity index (χ2v) is 3.40. The smallest absolute Gasteiger partial charge is 0.423 e. The molecule has 0 radical (unpaired) electrons. The van der Waals surface area contributed by atoms with Gasteiger partial charge in [-0.15, -0.1) is 0 Å². The zero-order valence-electron chi connectivity index (χ0n) is 7.37. The maximum absolute atomic E-state index is 11.1. The van der Waals surface area contributed by atoms with Gasteiger partial charge in [-0.05, 0) is 18.3 Å². The average molecular weight is 168 g/mol. The molecule has 1 rings (SSSR count). The average Bonchev–Trinajstić information content (AvgIpc) is 1.96. The summed E-state index contributed by atoms with van der Waals surface area (Å²) in [4.78, 5) is 11.1. The van der Waals surface area contributed by atoms with Crippen LogP contribution in [0.15, 0.2) is 11.0 Å². The maximum atomic E-state index is 11.1. The van der Waals surface area contributed by atoms with Gasteiger partial charge in [-0.1, -0.05) is 12.5 Å². The van der Waals surface area contributed by atoms with Gasteiger partial charge in [0.25, 0.3) is 0 Å². The van der Waals surface area contributed by atoms with E-state index in [0.717, 1.165) is 5.57 Å². The highest BCUT2D eigenvalue weighted by Crippen LogP contribution is 2.27. The van der Waals surface area contributed by atoms with Crippen LogP contribution in [0.5, 0.6) is 0 Å². The zero-order chi connectivity index (χ0) is 9.30. The summed E-state index contributed by atoms with van der Waals surface area (Å²) in [6, 6.07) is 0.